The fourth-order valence-corrected chi connectivity index (χ4v) is 3.56. The van der Waals surface area contributed by atoms with Crippen LogP contribution in [0.5, 0.6) is 0 Å². The van der Waals surface area contributed by atoms with Crippen LogP contribution in [0, 0.1) is 0 Å². The number of β-amino-alcohol motifs (C(OH)–C–C–N with tert-alkyl or cyclic N) is 1. The van der Waals surface area contributed by atoms with E-state index in [-0.39, 0.29) is 10.5 Å². The van der Waals surface area contributed by atoms with Crippen LogP contribution in [0.2, 0.25) is 0 Å². The van der Waals surface area contributed by atoms with Gasteiger partial charge in [-0.05, 0) is 20.8 Å². The van der Waals surface area contributed by atoms with Gasteiger partial charge in [0.15, 0.2) is 9.84 Å². The van der Waals surface area contributed by atoms with E-state index in [4.69, 9.17) is 0 Å². The van der Waals surface area contributed by atoms with Crippen molar-refractivity contribution in [1.29, 1.82) is 0 Å². The van der Waals surface area contributed by atoms with Gasteiger partial charge < -0.3 is 5.11 Å². The number of nitrogens with zero attached hydrogens (tertiary/aromatic N) is 1. The maximum absolute atomic E-state index is 11.7. The van der Waals surface area contributed by atoms with Crippen LogP contribution in [-0.2, 0) is 9.84 Å². The quantitative estimate of drug-likeness (QED) is 0.706. The van der Waals surface area contributed by atoms with Crippen molar-refractivity contribution in [2.75, 3.05) is 19.6 Å². The minimum atomic E-state index is -2.93. The van der Waals surface area contributed by atoms with E-state index < -0.39 is 15.9 Å². The summed E-state index contributed by atoms with van der Waals surface area (Å²) < 4.78 is 23.3. The van der Waals surface area contributed by atoms with Crippen molar-refractivity contribution in [3.05, 3.63) is 0 Å². The van der Waals surface area contributed by atoms with E-state index in [2.05, 4.69) is 0 Å². The van der Waals surface area contributed by atoms with Gasteiger partial charge in [0.25, 0.3) is 0 Å². The summed E-state index contributed by atoms with van der Waals surface area (Å²) >= 11 is 0. The molecule has 3 unspecified atom stereocenters. The van der Waals surface area contributed by atoms with E-state index in [1.165, 1.54) is 0 Å². The molecule has 14 heavy (non-hydrogen) atoms. The molecule has 0 spiro atoms. The van der Waals surface area contributed by atoms with Crippen molar-refractivity contribution in [2.24, 2.45) is 0 Å². The normalized spacial score (nSPS) is 35.4. The Morgan fingerprint density at radius 2 is 1.79 bits per heavy atom. The SMILES string of the molecule is CC(O)CN1CC(C)S(=O)(=O)C(C)C1. The van der Waals surface area contributed by atoms with Gasteiger partial charge in [-0.2, -0.15) is 0 Å². The molecular weight excluding hydrogens is 202 g/mol. The van der Waals surface area contributed by atoms with Gasteiger partial charge in [0.1, 0.15) is 0 Å². The van der Waals surface area contributed by atoms with Crippen molar-refractivity contribution >= 4 is 9.84 Å². The zero-order valence-electron chi connectivity index (χ0n) is 8.97. The molecule has 1 aliphatic rings. The number of rotatable bonds is 2. The molecule has 0 saturated carbocycles. The average molecular weight is 221 g/mol. The lowest BCUT2D eigenvalue weighted by Crippen LogP contribution is -2.51. The second kappa shape index (κ2) is 4.16. The van der Waals surface area contributed by atoms with Crippen LogP contribution in [-0.4, -0.2) is 54.7 Å². The highest BCUT2D eigenvalue weighted by atomic mass is 32.2. The molecule has 0 aromatic rings. The van der Waals surface area contributed by atoms with Gasteiger partial charge in [-0.1, -0.05) is 0 Å². The van der Waals surface area contributed by atoms with Gasteiger partial charge in [0.05, 0.1) is 16.6 Å². The van der Waals surface area contributed by atoms with E-state index in [9.17, 15) is 13.5 Å². The van der Waals surface area contributed by atoms with E-state index in [1.807, 2.05) is 4.90 Å². The topological polar surface area (TPSA) is 57.6 Å². The lowest BCUT2D eigenvalue weighted by Gasteiger charge is -2.35. The first-order valence-corrected chi connectivity index (χ1v) is 6.58. The van der Waals surface area contributed by atoms with E-state index >= 15 is 0 Å². The lowest BCUT2D eigenvalue weighted by atomic mass is 10.3. The van der Waals surface area contributed by atoms with Crippen LogP contribution < -0.4 is 0 Å². The third kappa shape index (κ3) is 2.46. The summed E-state index contributed by atoms with van der Waals surface area (Å²) in [5.74, 6) is 0. The molecule has 1 fully saturated rings. The Labute approximate surface area is 85.8 Å². The zero-order valence-corrected chi connectivity index (χ0v) is 9.79. The van der Waals surface area contributed by atoms with Crippen LogP contribution in [0.15, 0.2) is 0 Å². The summed E-state index contributed by atoms with van der Waals surface area (Å²) in [7, 11) is -2.93. The Bertz CT molecular complexity index is 268. The van der Waals surface area contributed by atoms with Crippen molar-refractivity contribution in [2.45, 2.75) is 37.4 Å². The van der Waals surface area contributed by atoms with E-state index in [0.717, 1.165) is 0 Å². The molecule has 0 bridgehead atoms. The number of aliphatic hydroxyl groups is 1. The Kier molecular flexibility index (Phi) is 3.55. The molecule has 0 aromatic carbocycles. The molecule has 0 radical (unpaired) electrons. The van der Waals surface area contributed by atoms with Crippen molar-refractivity contribution in [1.82, 2.24) is 4.90 Å². The highest BCUT2D eigenvalue weighted by Gasteiger charge is 2.35. The Morgan fingerprint density at radius 1 is 1.36 bits per heavy atom. The Morgan fingerprint density at radius 3 is 2.14 bits per heavy atom. The monoisotopic (exact) mass is 221 g/mol. The minimum absolute atomic E-state index is 0.315. The second-order valence-electron chi connectivity index (χ2n) is 4.28. The highest BCUT2D eigenvalue weighted by molar-refractivity contribution is 7.92. The van der Waals surface area contributed by atoms with E-state index in [1.54, 1.807) is 20.8 Å². The first-order chi connectivity index (χ1) is 6.34. The molecule has 1 aliphatic heterocycles. The molecule has 3 atom stereocenters. The molecule has 1 rings (SSSR count). The molecule has 0 aliphatic carbocycles. The van der Waals surface area contributed by atoms with Gasteiger partial charge in [-0.25, -0.2) is 8.42 Å². The third-order valence-electron chi connectivity index (χ3n) is 2.67. The minimum Gasteiger partial charge on any atom is -0.392 e. The van der Waals surface area contributed by atoms with Gasteiger partial charge >= 0.3 is 0 Å². The van der Waals surface area contributed by atoms with Crippen molar-refractivity contribution in [3.63, 3.8) is 0 Å². The molecule has 0 aromatic heterocycles. The first kappa shape index (κ1) is 11.9. The highest BCUT2D eigenvalue weighted by Crippen LogP contribution is 2.18. The Hall–Kier alpha value is -0.130. The number of aliphatic hydroxyl groups excluding tert-OH is 1. The van der Waals surface area contributed by atoms with Crippen LogP contribution in [0.1, 0.15) is 20.8 Å². The van der Waals surface area contributed by atoms with Crippen LogP contribution in [0.25, 0.3) is 0 Å². The predicted octanol–water partition coefficient (Wildman–Crippen LogP) is -0.125. The molecule has 1 saturated heterocycles. The van der Waals surface area contributed by atoms with Crippen LogP contribution in [0.3, 0.4) is 0 Å². The Balaban J connectivity index is 2.66. The zero-order chi connectivity index (χ0) is 10.9. The summed E-state index contributed by atoms with van der Waals surface area (Å²) in [6, 6.07) is 0. The number of sulfone groups is 1. The summed E-state index contributed by atoms with van der Waals surface area (Å²) in [4.78, 5) is 2.01. The molecule has 84 valence electrons. The smallest absolute Gasteiger partial charge is 0.157 e. The van der Waals surface area contributed by atoms with Crippen molar-refractivity contribution < 1.29 is 13.5 Å². The molecule has 1 heterocycles. The van der Waals surface area contributed by atoms with Gasteiger partial charge in [-0.3, -0.25) is 4.90 Å². The summed E-state index contributed by atoms with van der Waals surface area (Å²) in [6.07, 6.45) is -0.393. The predicted molar refractivity (Wildman–Crippen MR) is 56.0 cm³/mol. The maximum Gasteiger partial charge on any atom is 0.157 e. The maximum atomic E-state index is 11.7. The number of hydrogen-bond donors (Lipinski definition) is 1. The molecular formula is C9H19NO3S. The fraction of sp³-hybridized carbons (Fsp3) is 1.00. The van der Waals surface area contributed by atoms with Gasteiger partial charge in [0, 0.05) is 19.6 Å². The molecule has 1 N–H and O–H groups in total. The standard InChI is InChI=1S/C9H19NO3S/c1-7(11)4-10-5-8(2)14(12,13)9(3)6-10/h7-9,11H,4-6H2,1-3H3. The summed E-state index contributed by atoms with van der Waals surface area (Å²) in [5.41, 5.74) is 0. The van der Waals surface area contributed by atoms with E-state index in [0.29, 0.717) is 19.6 Å². The molecule has 0 amide bonds. The third-order valence-corrected chi connectivity index (χ3v) is 5.22. The van der Waals surface area contributed by atoms with Crippen LogP contribution in [0.4, 0.5) is 0 Å². The first-order valence-electron chi connectivity index (χ1n) is 4.97. The average Bonchev–Trinajstić information content (AvgIpc) is 1.99. The fourth-order valence-electron chi connectivity index (χ4n) is 1.93. The summed E-state index contributed by atoms with van der Waals surface area (Å²) in [6.45, 7) is 6.83. The van der Waals surface area contributed by atoms with Gasteiger partial charge in [0.2, 0.25) is 0 Å². The summed E-state index contributed by atoms with van der Waals surface area (Å²) in [5, 5.41) is 8.59. The number of hydrogen-bond acceptors (Lipinski definition) is 4. The lowest BCUT2D eigenvalue weighted by molar-refractivity contribution is 0.123. The second-order valence-corrected chi connectivity index (χ2v) is 7.07. The van der Waals surface area contributed by atoms with Crippen LogP contribution >= 0.6 is 0 Å². The molecule has 4 nitrogen and oxygen atoms in total. The van der Waals surface area contributed by atoms with Crippen molar-refractivity contribution in [3.8, 4) is 0 Å². The van der Waals surface area contributed by atoms with Gasteiger partial charge in [-0.15, -0.1) is 0 Å². The molecule has 5 heteroatoms. The largest absolute Gasteiger partial charge is 0.392 e.